The molecule has 0 unspecified atom stereocenters. The van der Waals surface area contributed by atoms with E-state index >= 15 is 0 Å². The predicted octanol–water partition coefficient (Wildman–Crippen LogP) is -0.804. The molecule has 1 saturated heterocycles. The minimum absolute atomic E-state index is 0.327. The summed E-state index contributed by atoms with van der Waals surface area (Å²) < 4.78 is 15.3. The first-order valence-corrected chi connectivity index (χ1v) is 8.07. The maximum absolute atomic E-state index is 11.6. The van der Waals surface area contributed by atoms with Crippen LogP contribution >= 0.6 is 0 Å². The number of aliphatic hydroxyl groups is 3. The van der Waals surface area contributed by atoms with Crippen molar-refractivity contribution in [3.63, 3.8) is 0 Å². The van der Waals surface area contributed by atoms with E-state index < -0.39 is 36.7 Å². The summed E-state index contributed by atoms with van der Waals surface area (Å²) in [7, 11) is 3.03. The van der Waals surface area contributed by atoms with Crippen molar-refractivity contribution in [3.8, 4) is 5.75 Å². The summed E-state index contributed by atoms with van der Waals surface area (Å²) >= 11 is 0. The van der Waals surface area contributed by atoms with Gasteiger partial charge in [0.05, 0.1) is 7.11 Å². The summed E-state index contributed by atoms with van der Waals surface area (Å²) in [6, 6.07) is 7.49. The van der Waals surface area contributed by atoms with E-state index in [9.17, 15) is 20.1 Å². The van der Waals surface area contributed by atoms with Crippen molar-refractivity contribution in [1.29, 1.82) is 0 Å². The fraction of sp³-hybridized carbons (Fsp3) is 0.588. The van der Waals surface area contributed by atoms with Crippen LogP contribution in [-0.2, 0) is 20.7 Å². The summed E-state index contributed by atoms with van der Waals surface area (Å²) in [5, 5.41) is 32.9. The molecule has 1 heterocycles. The second-order valence-corrected chi connectivity index (χ2v) is 6.08. The molecule has 1 aromatic carbocycles. The summed E-state index contributed by atoms with van der Waals surface area (Å²) in [6.45, 7) is 2.07. The Kier molecular flexibility index (Phi) is 6.74. The van der Waals surface area contributed by atoms with Gasteiger partial charge >= 0.3 is 5.97 Å². The van der Waals surface area contributed by atoms with Gasteiger partial charge in [-0.15, -0.1) is 0 Å². The van der Waals surface area contributed by atoms with Crippen molar-refractivity contribution in [2.24, 2.45) is 0 Å². The fourth-order valence-electron chi connectivity index (χ4n) is 2.55. The number of ether oxygens (including phenoxy) is 3. The zero-order valence-corrected chi connectivity index (χ0v) is 14.5. The van der Waals surface area contributed by atoms with Crippen LogP contribution in [-0.4, -0.2) is 72.2 Å². The Labute approximate surface area is 146 Å². The van der Waals surface area contributed by atoms with Crippen molar-refractivity contribution in [2.75, 3.05) is 14.2 Å². The molecule has 0 aliphatic carbocycles. The Bertz CT molecular complexity index is 565. The smallest absolute Gasteiger partial charge is 0.337 e. The molecule has 25 heavy (non-hydrogen) atoms. The van der Waals surface area contributed by atoms with E-state index in [2.05, 4.69) is 17.0 Å². The topological polar surface area (TPSA) is 117 Å². The molecule has 0 aromatic heterocycles. The molecule has 140 valence electrons. The van der Waals surface area contributed by atoms with E-state index in [4.69, 9.17) is 9.47 Å². The standard InChI is InChI=1S/C17H25NO7/c1-9(18-2)8-10-4-6-11(7-5-10)24-17-14(21)12(19)13(20)15(25-17)16(22)23-3/h4-7,9,12-15,17-21H,8H2,1-3H3/t9-,12+,13+,14-,15+,17-/m1/s1. The first-order chi connectivity index (χ1) is 11.9. The van der Waals surface area contributed by atoms with Gasteiger partial charge in [0.1, 0.15) is 24.1 Å². The van der Waals surface area contributed by atoms with Gasteiger partial charge in [-0.2, -0.15) is 0 Å². The average molecular weight is 355 g/mol. The fourth-order valence-corrected chi connectivity index (χ4v) is 2.55. The maximum Gasteiger partial charge on any atom is 0.337 e. The van der Waals surface area contributed by atoms with Gasteiger partial charge in [0.2, 0.25) is 6.29 Å². The molecule has 6 atom stereocenters. The van der Waals surface area contributed by atoms with Crippen molar-refractivity contribution >= 4 is 5.97 Å². The third-order valence-corrected chi connectivity index (χ3v) is 4.21. The first-order valence-electron chi connectivity index (χ1n) is 8.07. The summed E-state index contributed by atoms with van der Waals surface area (Å²) in [5.41, 5.74) is 1.10. The van der Waals surface area contributed by atoms with Crippen molar-refractivity contribution in [2.45, 2.75) is 50.1 Å². The number of hydrogen-bond donors (Lipinski definition) is 4. The highest BCUT2D eigenvalue weighted by Crippen LogP contribution is 2.25. The molecule has 0 saturated carbocycles. The Morgan fingerprint density at radius 1 is 1.20 bits per heavy atom. The van der Waals surface area contributed by atoms with Gasteiger partial charge in [0, 0.05) is 6.04 Å². The molecule has 0 radical (unpaired) electrons. The lowest BCUT2D eigenvalue weighted by Crippen LogP contribution is -2.61. The van der Waals surface area contributed by atoms with E-state index in [1.807, 2.05) is 19.2 Å². The number of carbonyl (C=O) groups is 1. The largest absolute Gasteiger partial charge is 0.467 e. The molecular weight excluding hydrogens is 330 g/mol. The molecular formula is C17H25NO7. The number of benzene rings is 1. The van der Waals surface area contributed by atoms with E-state index in [1.54, 1.807) is 12.1 Å². The molecule has 0 bridgehead atoms. The molecule has 1 fully saturated rings. The number of hydrogen-bond acceptors (Lipinski definition) is 8. The molecule has 4 N–H and O–H groups in total. The van der Waals surface area contributed by atoms with Gasteiger partial charge in [-0.25, -0.2) is 4.79 Å². The van der Waals surface area contributed by atoms with Crippen LogP contribution in [0.4, 0.5) is 0 Å². The lowest BCUT2D eigenvalue weighted by atomic mass is 9.99. The number of esters is 1. The van der Waals surface area contributed by atoms with Gasteiger partial charge in [0.15, 0.2) is 6.10 Å². The number of carbonyl (C=O) groups excluding carboxylic acids is 1. The van der Waals surface area contributed by atoms with Crippen LogP contribution in [0.3, 0.4) is 0 Å². The molecule has 1 aliphatic heterocycles. The zero-order valence-electron chi connectivity index (χ0n) is 14.5. The van der Waals surface area contributed by atoms with Gasteiger partial charge in [0.25, 0.3) is 0 Å². The van der Waals surface area contributed by atoms with Gasteiger partial charge in [-0.1, -0.05) is 12.1 Å². The molecule has 8 heteroatoms. The number of likely N-dealkylation sites (N-methyl/N-ethyl adjacent to an activating group) is 1. The monoisotopic (exact) mass is 355 g/mol. The van der Waals surface area contributed by atoms with Crippen molar-refractivity contribution in [3.05, 3.63) is 29.8 Å². The van der Waals surface area contributed by atoms with E-state index in [-0.39, 0.29) is 0 Å². The van der Waals surface area contributed by atoms with E-state index in [0.29, 0.717) is 11.8 Å². The lowest BCUT2D eigenvalue weighted by molar-refractivity contribution is -0.271. The van der Waals surface area contributed by atoms with Crippen LogP contribution in [0.5, 0.6) is 5.75 Å². The maximum atomic E-state index is 11.6. The lowest BCUT2D eigenvalue weighted by Gasteiger charge is -2.38. The number of methoxy groups -OCH3 is 1. The third kappa shape index (κ3) is 4.68. The first kappa shape index (κ1) is 19.6. The Balaban J connectivity index is 2.06. The van der Waals surface area contributed by atoms with Gasteiger partial charge in [-0.05, 0) is 38.1 Å². The summed E-state index contributed by atoms with van der Waals surface area (Å²) in [4.78, 5) is 11.6. The van der Waals surface area contributed by atoms with Gasteiger partial charge < -0.3 is 34.8 Å². The number of rotatable bonds is 6. The van der Waals surface area contributed by atoms with E-state index in [1.165, 1.54) is 0 Å². The Hall–Kier alpha value is -1.71. The molecule has 0 spiro atoms. The molecule has 0 amide bonds. The minimum Gasteiger partial charge on any atom is -0.467 e. The molecule has 2 rings (SSSR count). The Morgan fingerprint density at radius 2 is 1.84 bits per heavy atom. The highest BCUT2D eigenvalue weighted by atomic mass is 16.7. The second-order valence-electron chi connectivity index (χ2n) is 6.08. The van der Waals surface area contributed by atoms with E-state index in [0.717, 1.165) is 19.1 Å². The van der Waals surface area contributed by atoms with Crippen LogP contribution in [0.25, 0.3) is 0 Å². The zero-order chi connectivity index (χ0) is 18.6. The van der Waals surface area contributed by atoms with Crippen LogP contribution in [0.1, 0.15) is 12.5 Å². The quantitative estimate of drug-likeness (QED) is 0.490. The SMILES string of the molecule is CN[C@H](C)Cc1ccc(O[C@@H]2O[C@H](C(=O)OC)[C@@H](O)[C@H](O)[C@H]2O)cc1. The van der Waals surface area contributed by atoms with Crippen LogP contribution in [0.15, 0.2) is 24.3 Å². The molecule has 8 nitrogen and oxygen atoms in total. The second kappa shape index (κ2) is 8.59. The normalized spacial score (nSPS) is 30.6. The Morgan fingerprint density at radius 3 is 2.40 bits per heavy atom. The van der Waals surface area contributed by atoms with Crippen LogP contribution < -0.4 is 10.1 Å². The van der Waals surface area contributed by atoms with Gasteiger partial charge in [-0.3, -0.25) is 0 Å². The summed E-state index contributed by atoms with van der Waals surface area (Å²) in [6.07, 6.45) is -6.63. The highest BCUT2D eigenvalue weighted by Gasteiger charge is 2.48. The van der Waals surface area contributed by atoms with Crippen LogP contribution in [0.2, 0.25) is 0 Å². The third-order valence-electron chi connectivity index (χ3n) is 4.21. The average Bonchev–Trinajstić information content (AvgIpc) is 2.62. The highest BCUT2D eigenvalue weighted by molar-refractivity contribution is 5.75. The van der Waals surface area contributed by atoms with Crippen molar-refractivity contribution in [1.82, 2.24) is 5.32 Å². The minimum atomic E-state index is -1.60. The van der Waals surface area contributed by atoms with Crippen LogP contribution in [0, 0.1) is 0 Å². The number of nitrogens with one attached hydrogen (secondary N) is 1. The molecule has 1 aliphatic rings. The predicted molar refractivity (Wildman–Crippen MR) is 88.0 cm³/mol. The molecule has 1 aromatic rings. The number of aliphatic hydroxyl groups excluding tert-OH is 3. The van der Waals surface area contributed by atoms with Crippen molar-refractivity contribution < 1.29 is 34.3 Å². The summed E-state index contributed by atoms with van der Waals surface area (Å²) in [5.74, 6) is -0.458.